The molecule has 1 N–H and O–H groups in total. The van der Waals surface area contributed by atoms with Gasteiger partial charge in [0.1, 0.15) is 5.75 Å². The molecule has 1 fully saturated rings. The number of benzene rings is 1. The molecule has 1 aliphatic carbocycles. The molecule has 0 saturated heterocycles. The minimum absolute atomic E-state index is 0.761. The van der Waals surface area contributed by atoms with Crippen molar-refractivity contribution in [2.75, 3.05) is 13.2 Å². The fourth-order valence-corrected chi connectivity index (χ4v) is 2.59. The Balaban J connectivity index is 1.57. The van der Waals surface area contributed by atoms with E-state index in [0.29, 0.717) is 0 Å². The zero-order valence-corrected chi connectivity index (χ0v) is 11.5. The SMILES string of the molecule is Cc1ccccc1OCCCNC1CCCCC1. The minimum atomic E-state index is 0.761. The molecule has 0 aliphatic heterocycles. The van der Waals surface area contributed by atoms with Gasteiger partial charge in [0, 0.05) is 6.04 Å². The van der Waals surface area contributed by atoms with Crippen LogP contribution < -0.4 is 10.1 Å². The topological polar surface area (TPSA) is 21.3 Å². The number of hydrogen-bond acceptors (Lipinski definition) is 2. The van der Waals surface area contributed by atoms with Gasteiger partial charge in [0.25, 0.3) is 0 Å². The Morgan fingerprint density at radius 1 is 1.17 bits per heavy atom. The van der Waals surface area contributed by atoms with Crippen LogP contribution in [0.25, 0.3) is 0 Å². The summed E-state index contributed by atoms with van der Waals surface area (Å²) in [6.07, 6.45) is 8.03. The normalized spacial score (nSPS) is 16.7. The van der Waals surface area contributed by atoms with Crippen molar-refractivity contribution >= 4 is 0 Å². The highest BCUT2D eigenvalue weighted by atomic mass is 16.5. The molecule has 0 bridgehead atoms. The maximum atomic E-state index is 5.79. The molecule has 0 unspecified atom stereocenters. The number of rotatable bonds is 6. The van der Waals surface area contributed by atoms with Gasteiger partial charge in [-0.05, 0) is 44.4 Å². The summed E-state index contributed by atoms with van der Waals surface area (Å²) in [6, 6.07) is 8.98. The molecule has 100 valence electrons. The fourth-order valence-electron chi connectivity index (χ4n) is 2.59. The van der Waals surface area contributed by atoms with E-state index in [1.165, 1.54) is 37.7 Å². The van der Waals surface area contributed by atoms with Crippen LogP contribution in [0, 0.1) is 6.92 Å². The smallest absolute Gasteiger partial charge is 0.122 e. The molecule has 0 atom stereocenters. The quantitative estimate of drug-likeness (QED) is 0.774. The van der Waals surface area contributed by atoms with Crippen LogP contribution in [0.15, 0.2) is 24.3 Å². The minimum Gasteiger partial charge on any atom is -0.493 e. The van der Waals surface area contributed by atoms with Gasteiger partial charge >= 0.3 is 0 Å². The highest BCUT2D eigenvalue weighted by Gasteiger charge is 2.11. The molecule has 1 aromatic carbocycles. The average molecular weight is 247 g/mol. The summed E-state index contributed by atoms with van der Waals surface area (Å²) >= 11 is 0. The van der Waals surface area contributed by atoms with Gasteiger partial charge in [0.15, 0.2) is 0 Å². The third kappa shape index (κ3) is 4.34. The summed E-state index contributed by atoms with van der Waals surface area (Å²) in [5.41, 5.74) is 1.22. The van der Waals surface area contributed by atoms with E-state index < -0.39 is 0 Å². The van der Waals surface area contributed by atoms with E-state index in [2.05, 4.69) is 18.3 Å². The summed E-state index contributed by atoms with van der Waals surface area (Å²) in [7, 11) is 0. The molecular weight excluding hydrogens is 222 g/mol. The molecule has 1 aromatic rings. The van der Waals surface area contributed by atoms with Crippen LogP contribution >= 0.6 is 0 Å². The predicted molar refractivity (Wildman–Crippen MR) is 76.2 cm³/mol. The van der Waals surface area contributed by atoms with Crippen molar-refractivity contribution in [3.63, 3.8) is 0 Å². The second-order valence-corrected chi connectivity index (χ2v) is 5.26. The molecule has 0 amide bonds. The third-order valence-electron chi connectivity index (χ3n) is 3.71. The first-order valence-electron chi connectivity index (χ1n) is 7.28. The predicted octanol–water partition coefficient (Wildman–Crippen LogP) is 3.69. The number of aryl methyl sites for hydroxylation is 1. The Morgan fingerprint density at radius 2 is 1.94 bits per heavy atom. The molecule has 0 spiro atoms. The molecule has 2 nitrogen and oxygen atoms in total. The lowest BCUT2D eigenvalue weighted by atomic mass is 9.95. The molecule has 1 aliphatic rings. The molecule has 0 aromatic heterocycles. The monoisotopic (exact) mass is 247 g/mol. The van der Waals surface area contributed by atoms with Crippen molar-refractivity contribution in [3.05, 3.63) is 29.8 Å². The zero-order valence-electron chi connectivity index (χ0n) is 11.5. The van der Waals surface area contributed by atoms with E-state index >= 15 is 0 Å². The Labute approximate surface area is 111 Å². The first kappa shape index (κ1) is 13.4. The highest BCUT2D eigenvalue weighted by Crippen LogP contribution is 2.18. The largest absolute Gasteiger partial charge is 0.493 e. The van der Waals surface area contributed by atoms with E-state index in [9.17, 15) is 0 Å². The fraction of sp³-hybridized carbons (Fsp3) is 0.625. The van der Waals surface area contributed by atoms with Crippen LogP contribution in [0.3, 0.4) is 0 Å². The molecule has 0 heterocycles. The maximum Gasteiger partial charge on any atom is 0.122 e. The lowest BCUT2D eigenvalue weighted by Gasteiger charge is -2.22. The van der Waals surface area contributed by atoms with Crippen LogP contribution in [0.1, 0.15) is 44.1 Å². The van der Waals surface area contributed by atoms with Crippen LogP contribution in [-0.4, -0.2) is 19.2 Å². The van der Waals surface area contributed by atoms with Gasteiger partial charge in [-0.3, -0.25) is 0 Å². The van der Waals surface area contributed by atoms with E-state index in [1.807, 2.05) is 18.2 Å². The van der Waals surface area contributed by atoms with Gasteiger partial charge in [0.05, 0.1) is 6.61 Å². The first-order valence-corrected chi connectivity index (χ1v) is 7.28. The number of hydrogen-bond donors (Lipinski definition) is 1. The lowest BCUT2D eigenvalue weighted by molar-refractivity contribution is 0.295. The van der Waals surface area contributed by atoms with Crippen molar-refractivity contribution in [2.45, 2.75) is 51.5 Å². The summed E-state index contributed by atoms with van der Waals surface area (Å²) in [5.74, 6) is 1.02. The Kier molecular flexibility index (Phi) is 5.53. The van der Waals surface area contributed by atoms with E-state index in [1.54, 1.807) is 0 Å². The van der Waals surface area contributed by atoms with Crippen LogP contribution in [0.2, 0.25) is 0 Å². The van der Waals surface area contributed by atoms with Crippen molar-refractivity contribution in [1.82, 2.24) is 5.32 Å². The molecule has 0 radical (unpaired) electrons. The molecule has 2 rings (SSSR count). The van der Waals surface area contributed by atoms with Crippen LogP contribution in [0.4, 0.5) is 0 Å². The van der Waals surface area contributed by atoms with Crippen LogP contribution in [0.5, 0.6) is 5.75 Å². The second-order valence-electron chi connectivity index (χ2n) is 5.26. The number of ether oxygens (including phenoxy) is 1. The molecule has 2 heteroatoms. The number of para-hydroxylation sites is 1. The lowest BCUT2D eigenvalue weighted by Crippen LogP contribution is -2.32. The summed E-state index contributed by atoms with van der Waals surface area (Å²) < 4.78 is 5.79. The van der Waals surface area contributed by atoms with E-state index in [0.717, 1.165) is 31.4 Å². The molecule has 1 saturated carbocycles. The van der Waals surface area contributed by atoms with Gasteiger partial charge in [-0.1, -0.05) is 37.5 Å². The van der Waals surface area contributed by atoms with Crippen molar-refractivity contribution in [2.24, 2.45) is 0 Å². The van der Waals surface area contributed by atoms with Gasteiger partial charge in [-0.2, -0.15) is 0 Å². The van der Waals surface area contributed by atoms with Gasteiger partial charge in [-0.25, -0.2) is 0 Å². The third-order valence-corrected chi connectivity index (χ3v) is 3.71. The summed E-state index contributed by atoms with van der Waals surface area (Å²) in [5, 5.41) is 3.64. The van der Waals surface area contributed by atoms with Gasteiger partial charge in [-0.15, -0.1) is 0 Å². The molecular formula is C16H25NO. The average Bonchev–Trinajstić information content (AvgIpc) is 2.42. The maximum absolute atomic E-state index is 5.79. The van der Waals surface area contributed by atoms with Crippen LogP contribution in [-0.2, 0) is 0 Å². The van der Waals surface area contributed by atoms with Crippen molar-refractivity contribution in [3.8, 4) is 5.75 Å². The summed E-state index contributed by atoms with van der Waals surface area (Å²) in [4.78, 5) is 0. The Hall–Kier alpha value is -1.02. The van der Waals surface area contributed by atoms with Crippen molar-refractivity contribution in [1.29, 1.82) is 0 Å². The van der Waals surface area contributed by atoms with Crippen molar-refractivity contribution < 1.29 is 4.74 Å². The highest BCUT2D eigenvalue weighted by molar-refractivity contribution is 5.31. The van der Waals surface area contributed by atoms with Gasteiger partial charge in [0.2, 0.25) is 0 Å². The standard InChI is InChI=1S/C16H25NO/c1-14-8-5-6-11-16(14)18-13-7-12-17-15-9-3-2-4-10-15/h5-6,8,11,15,17H,2-4,7,9-10,12-13H2,1H3. The molecule has 18 heavy (non-hydrogen) atoms. The van der Waals surface area contributed by atoms with E-state index in [-0.39, 0.29) is 0 Å². The second kappa shape index (κ2) is 7.42. The Morgan fingerprint density at radius 3 is 2.72 bits per heavy atom. The van der Waals surface area contributed by atoms with E-state index in [4.69, 9.17) is 4.74 Å². The zero-order chi connectivity index (χ0) is 12.6. The summed E-state index contributed by atoms with van der Waals surface area (Å²) in [6.45, 7) is 3.98. The van der Waals surface area contributed by atoms with Gasteiger partial charge < -0.3 is 10.1 Å². The Bertz CT molecular complexity index is 345. The number of nitrogens with one attached hydrogen (secondary N) is 1. The first-order chi connectivity index (χ1) is 8.86.